The number of aliphatic hydroxyl groups is 1. The zero-order valence-corrected chi connectivity index (χ0v) is 10.4. The SMILES string of the molecule is Nc1cccc(C(=O)NC[C@@H](O)c2ccccc2)c1. The van der Waals surface area contributed by atoms with Crippen LogP contribution in [0.25, 0.3) is 0 Å². The minimum atomic E-state index is -0.716. The van der Waals surface area contributed by atoms with Gasteiger partial charge in [-0.1, -0.05) is 36.4 Å². The number of rotatable bonds is 4. The molecule has 0 aliphatic heterocycles. The van der Waals surface area contributed by atoms with Gasteiger partial charge in [0.2, 0.25) is 0 Å². The number of carbonyl (C=O) groups is 1. The smallest absolute Gasteiger partial charge is 0.251 e. The molecule has 0 aromatic heterocycles. The highest BCUT2D eigenvalue weighted by Gasteiger charge is 2.10. The molecule has 0 fully saturated rings. The molecule has 2 rings (SSSR count). The summed E-state index contributed by atoms with van der Waals surface area (Å²) in [6, 6.07) is 15.9. The third-order valence-electron chi connectivity index (χ3n) is 2.79. The van der Waals surface area contributed by atoms with Gasteiger partial charge in [-0.05, 0) is 23.8 Å². The summed E-state index contributed by atoms with van der Waals surface area (Å²) in [4.78, 5) is 11.9. The first-order valence-electron chi connectivity index (χ1n) is 6.03. The van der Waals surface area contributed by atoms with Crippen LogP contribution in [-0.2, 0) is 0 Å². The van der Waals surface area contributed by atoms with Gasteiger partial charge in [-0.2, -0.15) is 0 Å². The Morgan fingerprint density at radius 3 is 2.58 bits per heavy atom. The molecular formula is C15H16N2O2. The maximum absolute atomic E-state index is 11.9. The van der Waals surface area contributed by atoms with Crippen molar-refractivity contribution < 1.29 is 9.90 Å². The van der Waals surface area contributed by atoms with Crippen LogP contribution in [0.4, 0.5) is 5.69 Å². The number of hydrogen-bond donors (Lipinski definition) is 3. The molecule has 0 saturated carbocycles. The average molecular weight is 256 g/mol. The van der Waals surface area contributed by atoms with Crippen molar-refractivity contribution in [3.05, 3.63) is 65.7 Å². The standard InChI is InChI=1S/C15H16N2O2/c16-13-8-4-7-12(9-13)15(19)17-10-14(18)11-5-2-1-3-6-11/h1-9,14,18H,10,16H2,(H,17,19)/t14-/m1/s1. The Kier molecular flexibility index (Phi) is 4.15. The second-order valence-electron chi connectivity index (χ2n) is 4.26. The molecular weight excluding hydrogens is 240 g/mol. The fourth-order valence-corrected chi connectivity index (χ4v) is 1.76. The first-order chi connectivity index (χ1) is 9.16. The Hall–Kier alpha value is -2.33. The van der Waals surface area contributed by atoms with Crippen molar-refractivity contribution >= 4 is 11.6 Å². The summed E-state index contributed by atoms with van der Waals surface area (Å²) >= 11 is 0. The van der Waals surface area contributed by atoms with Gasteiger partial charge in [0.1, 0.15) is 0 Å². The van der Waals surface area contributed by atoms with E-state index in [4.69, 9.17) is 5.73 Å². The summed E-state index contributed by atoms with van der Waals surface area (Å²) in [5.41, 5.74) is 7.41. The van der Waals surface area contributed by atoms with Crippen LogP contribution in [0.15, 0.2) is 54.6 Å². The summed E-state index contributed by atoms with van der Waals surface area (Å²) in [5, 5.41) is 12.6. The van der Waals surface area contributed by atoms with Crippen LogP contribution >= 0.6 is 0 Å². The zero-order chi connectivity index (χ0) is 13.7. The Bertz CT molecular complexity index is 555. The number of nitrogens with one attached hydrogen (secondary N) is 1. The number of benzene rings is 2. The molecule has 2 aromatic carbocycles. The summed E-state index contributed by atoms with van der Waals surface area (Å²) in [7, 11) is 0. The molecule has 1 amide bonds. The van der Waals surface area contributed by atoms with Crippen LogP contribution in [0.1, 0.15) is 22.0 Å². The van der Waals surface area contributed by atoms with E-state index in [0.29, 0.717) is 11.3 Å². The Morgan fingerprint density at radius 2 is 1.89 bits per heavy atom. The van der Waals surface area contributed by atoms with Crippen molar-refractivity contribution in [3.63, 3.8) is 0 Å². The second-order valence-corrected chi connectivity index (χ2v) is 4.26. The highest BCUT2D eigenvalue weighted by Crippen LogP contribution is 2.11. The second kappa shape index (κ2) is 6.02. The van der Waals surface area contributed by atoms with Crippen molar-refractivity contribution in [2.75, 3.05) is 12.3 Å². The predicted molar refractivity (Wildman–Crippen MR) is 74.6 cm³/mol. The Labute approximate surface area is 111 Å². The summed E-state index contributed by atoms with van der Waals surface area (Å²) < 4.78 is 0. The van der Waals surface area contributed by atoms with E-state index in [9.17, 15) is 9.90 Å². The highest BCUT2D eigenvalue weighted by atomic mass is 16.3. The van der Waals surface area contributed by atoms with Crippen LogP contribution < -0.4 is 11.1 Å². The van der Waals surface area contributed by atoms with Crippen molar-refractivity contribution in [1.29, 1.82) is 0 Å². The van der Waals surface area contributed by atoms with Gasteiger partial charge in [0.05, 0.1) is 6.10 Å². The van der Waals surface area contributed by atoms with Gasteiger partial charge in [0.15, 0.2) is 0 Å². The van der Waals surface area contributed by atoms with Crippen molar-refractivity contribution in [1.82, 2.24) is 5.32 Å². The third-order valence-corrected chi connectivity index (χ3v) is 2.79. The summed E-state index contributed by atoms with van der Waals surface area (Å²) in [6.45, 7) is 0.164. The Morgan fingerprint density at radius 1 is 1.16 bits per heavy atom. The van der Waals surface area contributed by atoms with Gasteiger partial charge >= 0.3 is 0 Å². The molecule has 0 aliphatic carbocycles. The lowest BCUT2D eigenvalue weighted by Crippen LogP contribution is -2.28. The molecule has 4 N–H and O–H groups in total. The van der Waals surface area contributed by atoms with Crippen molar-refractivity contribution in [3.8, 4) is 0 Å². The largest absolute Gasteiger partial charge is 0.399 e. The number of amides is 1. The number of nitrogens with two attached hydrogens (primary N) is 1. The van der Waals surface area contributed by atoms with Gasteiger partial charge in [0, 0.05) is 17.8 Å². The van der Waals surface area contributed by atoms with E-state index in [1.54, 1.807) is 24.3 Å². The maximum Gasteiger partial charge on any atom is 0.251 e. The normalized spacial score (nSPS) is 11.8. The van der Waals surface area contributed by atoms with Crippen molar-refractivity contribution in [2.24, 2.45) is 0 Å². The fourth-order valence-electron chi connectivity index (χ4n) is 1.76. The fraction of sp³-hybridized carbons (Fsp3) is 0.133. The first-order valence-corrected chi connectivity index (χ1v) is 6.03. The number of hydrogen-bond acceptors (Lipinski definition) is 3. The van der Waals surface area contributed by atoms with Gasteiger partial charge in [0.25, 0.3) is 5.91 Å². The van der Waals surface area contributed by atoms with Crippen LogP contribution in [0.5, 0.6) is 0 Å². The lowest BCUT2D eigenvalue weighted by Gasteiger charge is -2.12. The molecule has 2 aromatic rings. The van der Waals surface area contributed by atoms with E-state index in [2.05, 4.69) is 5.32 Å². The minimum absolute atomic E-state index is 0.164. The van der Waals surface area contributed by atoms with Crippen LogP contribution in [-0.4, -0.2) is 17.6 Å². The molecule has 0 saturated heterocycles. The van der Waals surface area contributed by atoms with E-state index in [-0.39, 0.29) is 12.5 Å². The zero-order valence-electron chi connectivity index (χ0n) is 10.4. The number of anilines is 1. The quantitative estimate of drug-likeness (QED) is 0.729. The maximum atomic E-state index is 11.9. The minimum Gasteiger partial charge on any atom is -0.399 e. The molecule has 19 heavy (non-hydrogen) atoms. The van der Waals surface area contributed by atoms with Crippen LogP contribution in [0.2, 0.25) is 0 Å². The molecule has 1 atom stereocenters. The summed E-state index contributed by atoms with van der Waals surface area (Å²) in [5.74, 6) is -0.248. The van der Waals surface area contributed by atoms with Gasteiger partial charge in [-0.15, -0.1) is 0 Å². The molecule has 4 heteroatoms. The molecule has 0 bridgehead atoms. The molecule has 0 aliphatic rings. The van der Waals surface area contributed by atoms with E-state index in [1.165, 1.54) is 0 Å². The molecule has 0 radical (unpaired) electrons. The Balaban J connectivity index is 1.94. The highest BCUT2D eigenvalue weighted by molar-refractivity contribution is 5.94. The van der Waals surface area contributed by atoms with Gasteiger partial charge < -0.3 is 16.2 Å². The number of carbonyl (C=O) groups excluding carboxylic acids is 1. The van der Waals surface area contributed by atoms with Crippen LogP contribution in [0.3, 0.4) is 0 Å². The molecule has 0 heterocycles. The molecule has 0 spiro atoms. The lowest BCUT2D eigenvalue weighted by molar-refractivity contribution is 0.0916. The van der Waals surface area contributed by atoms with Gasteiger partial charge in [-0.3, -0.25) is 4.79 Å². The monoisotopic (exact) mass is 256 g/mol. The predicted octanol–water partition coefficient (Wildman–Crippen LogP) is 1.73. The first kappa shape index (κ1) is 13.1. The molecule has 98 valence electrons. The topological polar surface area (TPSA) is 75.4 Å². The average Bonchev–Trinajstić information content (AvgIpc) is 2.45. The van der Waals surface area contributed by atoms with E-state index < -0.39 is 6.10 Å². The molecule has 0 unspecified atom stereocenters. The lowest BCUT2D eigenvalue weighted by atomic mass is 10.1. The van der Waals surface area contributed by atoms with E-state index >= 15 is 0 Å². The van der Waals surface area contributed by atoms with Crippen LogP contribution in [0, 0.1) is 0 Å². The van der Waals surface area contributed by atoms with E-state index in [1.807, 2.05) is 30.3 Å². The number of aliphatic hydroxyl groups excluding tert-OH is 1. The van der Waals surface area contributed by atoms with Crippen molar-refractivity contribution in [2.45, 2.75) is 6.10 Å². The number of nitrogen functional groups attached to an aromatic ring is 1. The molecule has 4 nitrogen and oxygen atoms in total. The third kappa shape index (κ3) is 3.56. The summed E-state index contributed by atoms with van der Waals surface area (Å²) in [6.07, 6.45) is -0.716. The van der Waals surface area contributed by atoms with Gasteiger partial charge in [-0.25, -0.2) is 0 Å². The van der Waals surface area contributed by atoms with E-state index in [0.717, 1.165) is 5.56 Å².